The van der Waals surface area contributed by atoms with Crippen molar-refractivity contribution in [1.82, 2.24) is 19.7 Å². The molecule has 0 spiro atoms. The fraction of sp³-hybridized carbons (Fsp3) is 0.435. The Bertz CT molecular complexity index is 993. The molecule has 0 bridgehead atoms. The van der Waals surface area contributed by atoms with Crippen molar-refractivity contribution in [3.8, 4) is 0 Å². The lowest BCUT2D eigenvalue weighted by molar-refractivity contribution is 0.0685. The number of carbonyl (C=O) groups excluding carboxylic acids is 1. The zero-order valence-electron chi connectivity index (χ0n) is 17.0. The quantitative estimate of drug-likeness (QED) is 0.685. The molecule has 1 unspecified atom stereocenters. The predicted molar refractivity (Wildman–Crippen MR) is 111 cm³/mol. The molecule has 3 aromatic rings. The van der Waals surface area contributed by atoms with E-state index in [0.717, 1.165) is 53.9 Å². The van der Waals surface area contributed by atoms with E-state index in [1.807, 2.05) is 40.8 Å². The summed E-state index contributed by atoms with van der Waals surface area (Å²) >= 11 is 0. The van der Waals surface area contributed by atoms with Crippen LogP contribution in [-0.2, 0) is 13.0 Å². The van der Waals surface area contributed by atoms with Crippen LogP contribution in [0.4, 0.5) is 0 Å². The number of fused-ring (bicyclic) bond motifs is 1. The Morgan fingerprint density at radius 2 is 2.04 bits per heavy atom. The number of benzene rings is 1. The number of aromatic nitrogens is 3. The summed E-state index contributed by atoms with van der Waals surface area (Å²) in [5.74, 6) is 0.679. The average molecular weight is 377 g/mol. The number of aryl methyl sites for hydroxylation is 2. The van der Waals surface area contributed by atoms with E-state index in [1.165, 1.54) is 12.0 Å². The van der Waals surface area contributed by atoms with E-state index in [2.05, 4.69) is 26.0 Å². The third-order valence-electron chi connectivity index (χ3n) is 5.64. The van der Waals surface area contributed by atoms with Crippen LogP contribution >= 0.6 is 0 Å². The zero-order valence-corrected chi connectivity index (χ0v) is 17.0. The van der Waals surface area contributed by atoms with Gasteiger partial charge < -0.3 is 4.90 Å². The van der Waals surface area contributed by atoms with Gasteiger partial charge in [-0.05, 0) is 43.7 Å². The number of likely N-dealkylation sites (tertiary alicyclic amines) is 1. The molecule has 0 radical (unpaired) electrons. The molecule has 1 fully saturated rings. The molecule has 1 saturated heterocycles. The summed E-state index contributed by atoms with van der Waals surface area (Å²) in [4.78, 5) is 20.3. The fourth-order valence-electron chi connectivity index (χ4n) is 4.17. The first kappa shape index (κ1) is 18.7. The lowest BCUT2D eigenvalue weighted by Gasteiger charge is -2.31. The van der Waals surface area contributed by atoms with E-state index >= 15 is 0 Å². The standard InChI is InChI=1S/C23H28N4O/c1-4-19-13-20(23(28)26-12-8-9-16(2)14-26)21-17(3)25-27(22(21)24-19)15-18-10-6-5-7-11-18/h5-7,10-11,13,16H,4,8-9,12,14-15H2,1-3H3. The van der Waals surface area contributed by atoms with Crippen molar-refractivity contribution in [2.24, 2.45) is 5.92 Å². The number of hydrogen-bond acceptors (Lipinski definition) is 3. The zero-order chi connectivity index (χ0) is 19.7. The predicted octanol–water partition coefficient (Wildman–Crippen LogP) is 4.22. The Balaban J connectivity index is 1.79. The van der Waals surface area contributed by atoms with E-state index in [-0.39, 0.29) is 5.91 Å². The highest BCUT2D eigenvalue weighted by molar-refractivity contribution is 6.06. The number of piperidine rings is 1. The molecule has 1 aromatic carbocycles. The first-order valence-electron chi connectivity index (χ1n) is 10.3. The molecule has 1 aliphatic heterocycles. The summed E-state index contributed by atoms with van der Waals surface area (Å²) in [6.07, 6.45) is 3.07. The van der Waals surface area contributed by atoms with Crippen LogP contribution in [0.2, 0.25) is 0 Å². The van der Waals surface area contributed by atoms with Crippen LogP contribution in [0.3, 0.4) is 0 Å². The van der Waals surface area contributed by atoms with Gasteiger partial charge in [0.2, 0.25) is 0 Å². The Morgan fingerprint density at radius 3 is 2.75 bits per heavy atom. The van der Waals surface area contributed by atoms with E-state index < -0.39 is 0 Å². The minimum Gasteiger partial charge on any atom is -0.338 e. The van der Waals surface area contributed by atoms with Crippen molar-refractivity contribution in [3.63, 3.8) is 0 Å². The van der Waals surface area contributed by atoms with Crippen molar-refractivity contribution in [1.29, 1.82) is 0 Å². The Morgan fingerprint density at radius 1 is 1.25 bits per heavy atom. The SMILES string of the molecule is CCc1cc(C(=O)N2CCCC(C)C2)c2c(C)nn(Cc3ccccc3)c2n1. The van der Waals surface area contributed by atoms with E-state index in [4.69, 9.17) is 10.1 Å². The minimum absolute atomic E-state index is 0.121. The van der Waals surface area contributed by atoms with Crippen LogP contribution in [-0.4, -0.2) is 38.7 Å². The fourth-order valence-corrected chi connectivity index (χ4v) is 4.17. The summed E-state index contributed by atoms with van der Waals surface area (Å²) in [7, 11) is 0. The lowest BCUT2D eigenvalue weighted by atomic mass is 9.98. The van der Waals surface area contributed by atoms with Gasteiger partial charge in [0.1, 0.15) is 0 Å². The molecule has 5 nitrogen and oxygen atoms in total. The van der Waals surface area contributed by atoms with E-state index in [1.54, 1.807) is 0 Å². The van der Waals surface area contributed by atoms with Gasteiger partial charge in [-0.25, -0.2) is 9.67 Å². The van der Waals surface area contributed by atoms with Gasteiger partial charge >= 0.3 is 0 Å². The van der Waals surface area contributed by atoms with Crippen molar-refractivity contribution < 1.29 is 4.79 Å². The summed E-state index contributed by atoms with van der Waals surface area (Å²) in [6.45, 7) is 8.61. The molecule has 1 atom stereocenters. The second-order valence-electron chi connectivity index (χ2n) is 7.94. The molecule has 4 rings (SSSR count). The second kappa shape index (κ2) is 7.74. The second-order valence-corrected chi connectivity index (χ2v) is 7.94. The highest BCUT2D eigenvalue weighted by Crippen LogP contribution is 2.26. The molecule has 0 saturated carbocycles. The van der Waals surface area contributed by atoms with E-state index in [9.17, 15) is 4.79 Å². The number of nitrogens with zero attached hydrogens (tertiary/aromatic N) is 4. The number of hydrogen-bond donors (Lipinski definition) is 0. The summed E-state index contributed by atoms with van der Waals surface area (Å²) < 4.78 is 1.94. The lowest BCUT2D eigenvalue weighted by Crippen LogP contribution is -2.39. The number of amides is 1. The number of pyridine rings is 1. The Labute approximate surface area is 166 Å². The van der Waals surface area contributed by atoms with Crippen LogP contribution < -0.4 is 0 Å². The summed E-state index contributed by atoms with van der Waals surface area (Å²) in [5.41, 5.74) is 4.56. The summed E-state index contributed by atoms with van der Waals surface area (Å²) in [5, 5.41) is 5.65. The van der Waals surface area contributed by atoms with Crippen molar-refractivity contribution in [2.45, 2.75) is 46.6 Å². The highest BCUT2D eigenvalue weighted by atomic mass is 16.2. The third-order valence-corrected chi connectivity index (χ3v) is 5.64. The number of rotatable bonds is 4. The van der Waals surface area contributed by atoms with Crippen LogP contribution in [0.5, 0.6) is 0 Å². The van der Waals surface area contributed by atoms with Gasteiger partial charge in [0, 0.05) is 18.8 Å². The maximum Gasteiger partial charge on any atom is 0.254 e. The van der Waals surface area contributed by atoms with Crippen molar-refractivity contribution in [3.05, 3.63) is 58.9 Å². The monoisotopic (exact) mass is 376 g/mol. The molecule has 2 aromatic heterocycles. The smallest absolute Gasteiger partial charge is 0.254 e. The normalized spacial score (nSPS) is 17.2. The van der Waals surface area contributed by atoms with Gasteiger partial charge in [-0.3, -0.25) is 4.79 Å². The number of carbonyl (C=O) groups is 1. The largest absolute Gasteiger partial charge is 0.338 e. The molecule has 1 aliphatic rings. The maximum absolute atomic E-state index is 13.4. The van der Waals surface area contributed by atoms with Gasteiger partial charge in [-0.15, -0.1) is 0 Å². The van der Waals surface area contributed by atoms with Gasteiger partial charge in [0.15, 0.2) is 5.65 Å². The van der Waals surface area contributed by atoms with Crippen molar-refractivity contribution in [2.75, 3.05) is 13.1 Å². The molecule has 5 heteroatoms. The van der Waals surface area contributed by atoms with Crippen LogP contribution in [0.25, 0.3) is 11.0 Å². The first-order valence-corrected chi connectivity index (χ1v) is 10.3. The van der Waals surface area contributed by atoms with Crippen molar-refractivity contribution >= 4 is 16.9 Å². The Hall–Kier alpha value is -2.69. The molecule has 146 valence electrons. The average Bonchev–Trinajstić information content (AvgIpc) is 3.03. The molecular weight excluding hydrogens is 348 g/mol. The van der Waals surface area contributed by atoms with Crippen LogP contribution in [0, 0.1) is 12.8 Å². The molecule has 0 aliphatic carbocycles. The minimum atomic E-state index is 0.121. The first-order chi connectivity index (χ1) is 13.6. The molecule has 1 amide bonds. The van der Waals surface area contributed by atoms with Gasteiger partial charge in [-0.2, -0.15) is 5.10 Å². The highest BCUT2D eigenvalue weighted by Gasteiger charge is 2.26. The third kappa shape index (κ3) is 3.53. The summed E-state index contributed by atoms with van der Waals surface area (Å²) in [6, 6.07) is 12.2. The van der Waals surface area contributed by atoms with Crippen LogP contribution in [0.1, 0.15) is 54.0 Å². The maximum atomic E-state index is 13.4. The molecule has 28 heavy (non-hydrogen) atoms. The molecule has 3 heterocycles. The Kier molecular flexibility index (Phi) is 5.16. The van der Waals surface area contributed by atoms with Gasteiger partial charge in [-0.1, -0.05) is 44.2 Å². The molecule has 0 N–H and O–H groups in total. The topological polar surface area (TPSA) is 51.0 Å². The van der Waals surface area contributed by atoms with Gasteiger partial charge in [0.05, 0.1) is 23.2 Å². The van der Waals surface area contributed by atoms with Gasteiger partial charge in [0.25, 0.3) is 5.91 Å². The molecular formula is C23H28N4O. The van der Waals surface area contributed by atoms with E-state index in [0.29, 0.717) is 12.5 Å². The van der Waals surface area contributed by atoms with Crippen LogP contribution in [0.15, 0.2) is 36.4 Å².